The highest BCUT2D eigenvalue weighted by atomic mass is 16.2. The number of aromatic nitrogens is 1. The molecule has 2 heterocycles. The molecule has 0 radical (unpaired) electrons. The average molecular weight is 313 g/mol. The predicted molar refractivity (Wildman–Crippen MR) is 90.5 cm³/mol. The van der Waals surface area contributed by atoms with Crippen molar-refractivity contribution in [3.05, 3.63) is 35.5 Å². The van der Waals surface area contributed by atoms with Crippen molar-refractivity contribution < 1.29 is 9.59 Å². The molecule has 5 heteroatoms. The molecule has 122 valence electrons. The fraction of sp³-hybridized carbons (Fsp3) is 0.444. The van der Waals surface area contributed by atoms with Gasteiger partial charge in [-0.2, -0.15) is 0 Å². The normalized spacial score (nSPS) is 16.3. The van der Waals surface area contributed by atoms with E-state index in [1.807, 2.05) is 6.07 Å². The van der Waals surface area contributed by atoms with Gasteiger partial charge in [0.2, 0.25) is 5.91 Å². The molecule has 5 nitrogen and oxygen atoms in total. The van der Waals surface area contributed by atoms with Crippen LogP contribution in [0, 0.1) is 0 Å². The molecule has 2 N–H and O–H groups in total. The Hall–Kier alpha value is -2.30. The van der Waals surface area contributed by atoms with Gasteiger partial charge in [-0.25, -0.2) is 0 Å². The number of hydrogen-bond acceptors (Lipinski definition) is 2. The fourth-order valence-corrected chi connectivity index (χ4v) is 2.85. The molecule has 1 aliphatic rings. The van der Waals surface area contributed by atoms with E-state index in [0.717, 1.165) is 10.9 Å². The minimum Gasteiger partial charge on any atom is -0.354 e. The molecule has 2 aromatic rings. The molecule has 1 aromatic carbocycles. The number of amides is 2. The minimum absolute atomic E-state index is 0.00626. The number of hydrogen-bond donors (Lipinski definition) is 2. The molecular weight excluding hydrogens is 290 g/mol. The van der Waals surface area contributed by atoms with Crippen LogP contribution in [0.4, 0.5) is 0 Å². The molecule has 1 aliphatic heterocycles. The summed E-state index contributed by atoms with van der Waals surface area (Å²) in [5, 5.41) is 3.82. The molecule has 0 saturated carbocycles. The second-order valence-electron chi connectivity index (χ2n) is 7.13. The fourth-order valence-electron chi connectivity index (χ4n) is 2.85. The zero-order chi connectivity index (χ0) is 16.6. The Kier molecular flexibility index (Phi) is 3.88. The van der Waals surface area contributed by atoms with Crippen LogP contribution in [0.2, 0.25) is 0 Å². The smallest absolute Gasteiger partial charge is 0.270 e. The van der Waals surface area contributed by atoms with Crippen LogP contribution >= 0.6 is 0 Å². The van der Waals surface area contributed by atoms with E-state index in [0.29, 0.717) is 31.7 Å². The van der Waals surface area contributed by atoms with Gasteiger partial charge in [0, 0.05) is 37.0 Å². The van der Waals surface area contributed by atoms with Crippen molar-refractivity contribution in [3.8, 4) is 0 Å². The van der Waals surface area contributed by atoms with Crippen molar-refractivity contribution >= 4 is 22.7 Å². The maximum Gasteiger partial charge on any atom is 0.270 e. The monoisotopic (exact) mass is 313 g/mol. The Morgan fingerprint density at radius 2 is 1.96 bits per heavy atom. The first-order valence-corrected chi connectivity index (χ1v) is 8.04. The molecular formula is C18H23N3O2. The number of carbonyl (C=O) groups is 2. The number of nitrogens with one attached hydrogen (secondary N) is 2. The van der Waals surface area contributed by atoms with Gasteiger partial charge in [-0.15, -0.1) is 0 Å². The predicted octanol–water partition coefficient (Wildman–Crippen LogP) is 2.43. The largest absolute Gasteiger partial charge is 0.354 e. The second-order valence-corrected chi connectivity index (χ2v) is 7.13. The van der Waals surface area contributed by atoms with Crippen LogP contribution in [0.5, 0.6) is 0 Å². The van der Waals surface area contributed by atoms with Crippen molar-refractivity contribution in [2.75, 3.05) is 19.6 Å². The molecule has 1 saturated heterocycles. The van der Waals surface area contributed by atoms with Crippen LogP contribution < -0.4 is 5.32 Å². The summed E-state index contributed by atoms with van der Waals surface area (Å²) in [6, 6.07) is 8.17. The molecule has 0 spiro atoms. The number of H-pyrrole nitrogens is 1. The lowest BCUT2D eigenvalue weighted by Gasteiger charge is -2.19. The summed E-state index contributed by atoms with van der Waals surface area (Å²) in [4.78, 5) is 29.0. The first-order chi connectivity index (χ1) is 10.8. The Morgan fingerprint density at radius 1 is 1.17 bits per heavy atom. The van der Waals surface area contributed by atoms with Gasteiger partial charge in [-0.3, -0.25) is 9.59 Å². The third-order valence-electron chi connectivity index (χ3n) is 4.32. The number of carbonyl (C=O) groups excluding carboxylic acids is 2. The SMILES string of the molecule is CC(C)(C)c1ccc2cc(C(=O)N3CCNC(=O)CC3)[nH]c2c1. The van der Waals surface area contributed by atoms with E-state index in [-0.39, 0.29) is 17.2 Å². The first kappa shape index (κ1) is 15.6. The Labute approximate surface area is 136 Å². The number of aromatic amines is 1. The lowest BCUT2D eigenvalue weighted by atomic mass is 9.87. The van der Waals surface area contributed by atoms with Gasteiger partial charge in [0.05, 0.1) is 0 Å². The zero-order valence-corrected chi connectivity index (χ0v) is 13.9. The van der Waals surface area contributed by atoms with Crippen molar-refractivity contribution in [2.24, 2.45) is 0 Å². The van der Waals surface area contributed by atoms with E-state index < -0.39 is 0 Å². The molecule has 0 atom stereocenters. The highest BCUT2D eigenvalue weighted by Gasteiger charge is 2.21. The third kappa shape index (κ3) is 3.23. The molecule has 0 unspecified atom stereocenters. The van der Waals surface area contributed by atoms with Gasteiger partial charge in [-0.1, -0.05) is 32.9 Å². The highest BCUT2D eigenvalue weighted by Crippen LogP contribution is 2.26. The van der Waals surface area contributed by atoms with E-state index in [2.05, 4.69) is 49.3 Å². The van der Waals surface area contributed by atoms with Crippen LogP contribution in [-0.4, -0.2) is 41.3 Å². The quantitative estimate of drug-likeness (QED) is 0.849. The van der Waals surface area contributed by atoms with Crippen molar-refractivity contribution in [1.82, 2.24) is 15.2 Å². The summed E-state index contributed by atoms with van der Waals surface area (Å²) in [6.45, 7) is 8.04. The summed E-state index contributed by atoms with van der Waals surface area (Å²) < 4.78 is 0. The van der Waals surface area contributed by atoms with E-state index >= 15 is 0 Å². The number of nitrogens with zero attached hydrogens (tertiary/aromatic N) is 1. The Morgan fingerprint density at radius 3 is 2.70 bits per heavy atom. The van der Waals surface area contributed by atoms with Gasteiger partial charge in [0.25, 0.3) is 5.91 Å². The molecule has 3 rings (SSSR count). The van der Waals surface area contributed by atoms with Crippen LogP contribution in [0.1, 0.15) is 43.2 Å². The zero-order valence-electron chi connectivity index (χ0n) is 13.9. The van der Waals surface area contributed by atoms with Crippen molar-refractivity contribution in [2.45, 2.75) is 32.6 Å². The van der Waals surface area contributed by atoms with Gasteiger partial charge < -0.3 is 15.2 Å². The summed E-state index contributed by atoms with van der Waals surface area (Å²) >= 11 is 0. The first-order valence-electron chi connectivity index (χ1n) is 8.04. The number of fused-ring (bicyclic) bond motifs is 1. The van der Waals surface area contributed by atoms with Gasteiger partial charge in [-0.05, 0) is 23.1 Å². The number of benzene rings is 1. The van der Waals surface area contributed by atoms with E-state index in [1.54, 1.807) is 4.90 Å². The topological polar surface area (TPSA) is 65.2 Å². The summed E-state index contributed by atoms with van der Waals surface area (Å²) in [7, 11) is 0. The Balaban J connectivity index is 1.87. The molecule has 0 bridgehead atoms. The summed E-state index contributed by atoms with van der Waals surface area (Å²) in [5.74, 6) is -0.0400. The minimum atomic E-state index is -0.0463. The van der Waals surface area contributed by atoms with Gasteiger partial charge >= 0.3 is 0 Å². The highest BCUT2D eigenvalue weighted by molar-refractivity contribution is 5.98. The van der Waals surface area contributed by atoms with E-state index in [1.165, 1.54) is 5.56 Å². The lowest BCUT2D eigenvalue weighted by molar-refractivity contribution is -0.120. The van der Waals surface area contributed by atoms with E-state index in [9.17, 15) is 9.59 Å². The third-order valence-corrected chi connectivity index (χ3v) is 4.32. The van der Waals surface area contributed by atoms with Crippen LogP contribution in [0.15, 0.2) is 24.3 Å². The lowest BCUT2D eigenvalue weighted by Crippen LogP contribution is -2.34. The molecule has 23 heavy (non-hydrogen) atoms. The van der Waals surface area contributed by atoms with Crippen LogP contribution in [-0.2, 0) is 10.2 Å². The summed E-state index contributed by atoms with van der Waals surface area (Å²) in [6.07, 6.45) is 0.361. The van der Waals surface area contributed by atoms with Gasteiger partial charge in [0.15, 0.2) is 0 Å². The maximum atomic E-state index is 12.7. The van der Waals surface area contributed by atoms with Crippen LogP contribution in [0.25, 0.3) is 10.9 Å². The van der Waals surface area contributed by atoms with Crippen molar-refractivity contribution in [3.63, 3.8) is 0 Å². The standard InChI is InChI=1S/C18H23N3O2/c1-18(2,3)13-5-4-12-10-15(20-14(12)11-13)17(23)21-8-6-16(22)19-7-9-21/h4-5,10-11,20H,6-9H2,1-3H3,(H,19,22). The van der Waals surface area contributed by atoms with E-state index in [4.69, 9.17) is 0 Å². The van der Waals surface area contributed by atoms with Crippen LogP contribution in [0.3, 0.4) is 0 Å². The molecule has 1 fully saturated rings. The summed E-state index contributed by atoms with van der Waals surface area (Å²) in [5.41, 5.74) is 2.86. The maximum absolute atomic E-state index is 12.7. The Bertz CT molecular complexity index is 755. The molecule has 1 aromatic heterocycles. The molecule has 2 amide bonds. The van der Waals surface area contributed by atoms with Gasteiger partial charge in [0.1, 0.15) is 5.69 Å². The number of rotatable bonds is 1. The van der Waals surface area contributed by atoms with Crippen molar-refractivity contribution in [1.29, 1.82) is 0 Å². The molecule has 0 aliphatic carbocycles. The average Bonchev–Trinajstić information content (AvgIpc) is 2.80. The second kappa shape index (κ2) is 5.72.